The van der Waals surface area contributed by atoms with Crippen LogP contribution in [-0.4, -0.2) is 48.2 Å². The molecule has 2 rings (SSSR count). The minimum absolute atomic E-state index is 0.0458. The second kappa shape index (κ2) is 7.70. The molecule has 1 atom stereocenters. The Kier molecular flexibility index (Phi) is 5.58. The summed E-state index contributed by atoms with van der Waals surface area (Å²) in [5.41, 5.74) is 0.516. The largest absolute Gasteiger partial charge is 0.504 e. The summed E-state index contributed by atoms with van der Waals surface area (Å²) >= 11 is 0. The molecule has 6 N–H and O–H groups in total. The van der Waals surface area contributed by atoms with E-state index in [1.807, 2.05) is 0 Å². The number of phenolic OH excluding ortho intramolecular Hbond substituents is 4. The first-order valence-corrected chi connectivity index (χ1v) is 7.78. The van der Waals surface area contributed by atoms with E-state index in [1.165, 1.54) is 25.1 Å². The molecular weight excluding hydrogens is 374 g/mol. The van der Waals surface area contributed by atoms with E-state index in [-0.39, 0.29) is 17.7 Å². The second-order valence-corrected chi connectivity index (χ2v) is 6.17. The zero-order chi connectivity index (χ0) is 21.1. The number of carbonyl (C=O) groups is 1. The molecule has 2 aromatic carbocycles. The van der Waals surface area contributed by atoms with Crippen LogP contribution < -0.4 is 5.43 Å². The Labute approximate surface area is 158 Å². The van der Waals surface area contributed by atoms with Crippen LogP contribution in [0.5, 0.6) is 23.0 Å². The van der Waals surface area contributed by atoms with Gasteiger partial charge in [0.1, 0.15) is 0 Å². The number of aliphatic carboxylic acids is 1. The lowest BCUT2D eigenvalue weighted by Crippen LogP contribution is -2.48. The van der Waals surface area contributed by atoms with E-state index in [2.05, 4.69) is 10.5 Å². The number of nitro groups is 1. The van der Waals surface area contributed by atoms with E-state index in [9.17, 15) is 40.4 Å². The van der Waals surface area contributed by atoms with Crippen LogP contribution in [0, 0.1) is 10.1 Å². The fourth-order valence-corrected chi connectivity index (χ4v) is 2.34. The normalized spacial score (nSPS) is 13.2. The lowest BCUT2D eigenvalue weighted by molar-refractivity contribution is -0.386. The first-order chi connectivity index (χ1) is 13.0. The summed E-state index contributed by atoms with van der Waals surface area (Å²) in [5, 5.41) is 62.0. The average Bonchev–Trinajstić information content (AvgIpc) is 2.60. The number of carboxylic acid groups (broad SMARTS) is 1. The van der Waals surface area contributed by atoms with E-state index in [1.54, 1.807) is 0 Å². The molecule has 0 aliphatic carbocycles. The molecule has 11 nitrogen and oxygen atoms in total. The second-order valence-electron chi connectivity index (χ2n) is 6.17. The molecule has 0 radical (unpaired) electrons. The van der Waals surface area contributed by atoms with Crippen LogP contribution in [0.1, 0.15) is 18.1 Å². The molecule has 0 aliphatic rings. The monoisotopic (exact) mass is 391 g/mol. The van der Waals surface area contributed by atoms with Crippen molar-refractivity contribution in [2.24, 2.45) is 5.10 Å². The number of hydrazone groups is 1. The topological polar surface area (TPSA) is 186 Å². The van der Waals surface area contributed by atoms with Crippen LogP contribution in [0.3, 0.4) is 0 Å². The van der Waals surface area contributed by atoms with Crippen LogP contribution in [0.15, 0.2) is 35.4 Å². The van der Waals surface area contributed by atoms with Crippen LogP contribution in [0.2, 0.25) is 0 Å². The maximum atomic E-state index is 11.7. The number of hydrogen-bond donors (Lipinski definition) is 6. The lowest BCUT2D eigenvalue weighted by Gasteiger charge is -2.24. The molecule has 148 valence electrons. The average molecular weight is 391 g/mol. The smallest absolute Gasteiger partial charge is 0.330 e. The van der Waals surface area contributed by atoms with E-state index in [0.29, 0.717) is 5.56 Å². The molecule has 28 heavy (non-hydrogen) atoms. The van der Waals surface area contributed by atoms with Crippen molar-refractivity contribution in [1.82, 2.24) is 5.43 Å². The van der Waals surface area contributed by atoms with Crippen molar-refractivity contribution in [3.05, 3.63) is 51.6 Å². The summed E-state index contributed by atoms with van der Waals surface area (Å²) in [4.78, 5) is 21.6. The molecule has 0 unspecified atom stereocenters. The van der Waals surface area contributed by atoms with E-state index < -0.39 is 39.4 Å². The van der Waals surface area contributed by atoms with Crippen molar-refractivity contribution in [2.45, 2.75) is 18.9 Å². The highest BCUT2D eigenvalue weighted by Crippen LogP contribution is 2.35. The number of nitrogens with zero attached hydrogens (tertiary/aromatic N) is 2. The molecule has 2 aromatic rings. The fourth-order valence-electron chi connectivity index (χ4n) is 2.34. The van der Waals surface area contributed by atoms with Gasteiger partial charge in [-0.2, -0.15) is 5.10 Å². The van der Waals surface area contributed by atoms with Crippen LogP contribution in [0.25, 0.3) is 0 Å². The Morgan fingerprint density at radius 2 is 1.86 bits per heavy atom. The van der Waals surface area contributed by atoms with Crippen molar-refractivity contribution < 1.29 is 35.3 Å². The number of rotatable bonds is 7. The summed E-state index contributed by atoms with van der Waals surface area (Å²) in [5.74, 6) is -3.63. The SMILES string of the molecule is C[C@@](Cc1ccc(O)c(O)c1)(N/N=C\c1cc(O)c(O)c([N+](=O)[O-])c1)C(=O)O. The Morgan fingerprint density at radius 1 is 1.18 bits per heavy atom. The van der Waals surface area contributed by atoms with Crippen molar-refractivity contribution in [3.8, 4) is 23.0 Å². The number of hydrogen-bond acceptors (Lipinski definition) is 9. The highest BCUT2D eigenvalue weighted by atomic mass is 16.6. The zero-order valence-corrected chi connectivity index (χ0v) is 14.5. The maximum absolute atomic E-state index is 11.7. The number of benzene rings is 2. The molecule has 0 fully saturated rings. The van der Waals surface area contributed by atoms with Crippen molar-refractivity contribution in [3.63, 3.8) is 0 Å². The number of aromatic hydroxyl groups is 4. The van der Waals surface area contributed by atoms with Gasteiger partial charge >= 0.3 is 11.7 Å². The summed E-state index contributed by atoms with van der Waals surface area (Å²) < 4.78 is 0. The van der Waals surface area contributed by atoms with Gasteiger partial charge in [-0.3, -0.25) is 15.5 Å². The Balaban J connectivity index is 2.24. The molecular formula is C17H17N3O8. The maximum Gasteiger partial charge on any atom is 0.330 e. The molecule has 0 aromatic heterocycles. The van der Waals surface area contributed by atoms with E-state index >= 15 is 0 Å². The van der Waals surface area contributed by atoms with Gasteiger partial charge in [-0.15, -0.1) is 0 Å². The number of carboxylic acids is 1. The van der Waals surface area contributed by atoms with Gasteiger partial charge in [-0.05, 0) is 30.7 Å². The molecule has 0 saturated heterocycles. The highest BCUT2D eigenvalue weighted by molar-refractivity contribution is 5.83. The van der Waals surface area contributed by atoms with Gasteiger partial charge < -0.3 is 25.5 Å². The van der Waals surface area contributed by atoms with Crippen molar-refractivity contribution in [1.29, 1.82) is 0 Å². The summed E-state index contributed by atoms with van der Waals surface area (Å²) in [6, 6.07) is 5.83. The van der Waals surface area contributed by atoms with E-state index in [4.69, 9.17) is 0 Å². The number of nitrogens with one attached hydrogen (secondary N) is 1. The molecule has 0 spiro atoms. The van der Waals surface area contributed by atoms with Gasteiger partial charge in [-0.25, -0.2) is 4.79 Å². The minimum atomic E-state index is -1.62. The summed E-state index contributed by atoms with van der Waals surface area (Å²) in [7, 11) is 0. The lowest BCUT2D eigenvalue weighted by atomic mass is 9.93. The van der Waals surface area contributed by atoms with Gasteiger partial charge in [0.05, 0.1) is 11.1 Å². The van der Waals surface area contributed by atoms with Crippen LogP contribution >= 0.6 is 0 Å². The van der Waals surface area contributed by atoms with Crippen LogP contribution in [0.4, 0.5) is 5.69 Å². The fraction of sp³-hybridized carbons (Fsp3) is 0.176. The van der Waals surface area contributed by atoms with Gasteiger partial charge in [-0.1, -0.05) is 6.07 Å². The first-order valence-electron chi connectivity index (χ1n) is 7.78. The molecule has 0 aliphatic heterocycles. The van der Waals surface area contributed by atoms with Gasteiger partial charge in [0, 0.05) is 18.1 Å². The molecule has 0 bridgehead atoms. The minimum Gasteiger partial charge on any atom is -0.504 e. The van der Waals surface area contributed by atoms with Gasteiger partial charge in [0.25, 0.3) is 0 Å². The predicted molar refractivity (Wildman–Crippen MR) is 96.7 cm³/mol. The number of nitro benzene ring substituents is 1. The Hall–Kier alpha value is -4.02. The molecule has 0 saturated carbocycles. The molecule has 0 heterocycles. The number of phenols is 4. The van der Waals surface area contributed by atoms with Gasteiger partial charge in [0.2, 0.25) is 5.75 Å². The third-order valence-electron chi connectivity index (χ3n) is 3.88. The Morgan fingerprint density at radius 3 is 2.43 bits per heavy atom. The highest BCUT2D eigenvalue weighted by Gasteiger charge is 2.33. The quantitative estimate of drug-likeness (QED) is 0.176. The summed E-state index contributed by atoms with van der Waals surface area (Å²) in [6.45, 7) is 1.33. The predicted octanol–water partition coefficient (Wildman–Crippen LogP) is 1.43. The van der Waals surface area contributed by atoms with Crippen molar-refractivity contribution >= 4 is 17.9 Å². The van der Waals surface area contributed by atoms with E-state index in [0.717, 1.165) is 18.3 Å². The van der Waals surface area contributed by atoms with Crippen LogP contribution in [-0.2, 0) is 11.2 Å². The van der Waals surface area contributed by atoms with Gasteiger partial charge in [0.15, 0.2) is 22.8 Å². The summed E-state index contributed by atoms with van der Waals surface area (Å²) in [6.07, 6.45) is 0.927. The Bertz CT molecular complexity index is 960. The third kappa shape index (κ3) is 4.38. The standard InChI is InChI=1S/C17H17N3O8/c1-17(16(25)26,7-9-2-3-12(21)13(22)5-9)19-18-8-10-4-11(20(27)28)15(24)14(23)6-10/h2-6,8,19,21-24H,7H2,1H3,(H,25,26)/b18-8-/t17-/m0/s1. The molecule has 0 amide bonds. The first kappa shape index (κ1) is 20.3. The zero-order valence-electron chi connectivity index (χ0n) is 14.5. The third-order valence-corrected chi connectivity index (χ3v) is 3.88. The molecule has 11 heteroatoms. The van der Waals surface area contributed by atoms with Crippen molar-refractivity contribution in [2.75, 3.05) is 0 Å².